The Labute approximate surface area is 309 Å². The van der Waals surface area contributed by atoms with Gasteiger partial charge in [-0.1, -0.05) is 158 Å². The highest BCUT2D eigenvalue weighted by Crippen LogP contribution is 2.12. The summed E-state index contributed by atoms with van der Waals surface area (Å²) in [6.07, 6.45) is 52.8. The van der Waals surface area contributed by atoms with Crippen molar-refractivity contribution in [2.24, 2.45) is 0 Å². The van der Waals surface area contributed by atoms with Crippen LogP contribution >= 0.6 is 0 Å². The number of aliphatic hydroxyl groups is 1. The van der Waals surface area contributed by atoms with Crippen LogP contribution in [-0.4, -0.2) is 36.4 Å². The zero-order valence-corrected chi connectivity index (χ0v) is 32.6. The molecular formula is C45H78O5. The van der Waals surface area contributed by atoms with Crippen LogP contribution in [0.1, 0.15) is 194 Å². The summed E-state index contributed by atoms with van der Waals surface area (Å²) in [6, 6.07) is 0. The van der Waals surface area contributed by atoms with Gasteiger partial charge in [0.2, 0.25) is 0 Å². The second-order valence-corrected chi connectivity index (χ2v) is 13.7. The lowest BCUT2D eigenvalue weighted by Crippen LogP contribution is -2.28. The lowest BCUT2D eigenvalue weighted by atomic mass is 10.1. The Balaban J connectivity index is 3.64. The number of ether oxygens (including phenoxy) is 2. The fourth-order valence-electron chi connectivity index (χ4n) is 5.59. The first-order valence-electron chi connectivity index (χ1n) is 20.8. The molecule has 0 bridgehead atoms. The molecule has 1 atom stereocenters. The van der Waals surface area contributed by atoms with Crippen LogP contribution in [0.25, 0.3) is 0 Å². The lowest BCUT2D eigenvalue weighted by molar-refractivity contribution is -0.161. The van der Waals surface area contributed by atoms with E-state index >= 15 is 0 Å². The quantitative estimate of drug-likeness (QED) is 0.0397. The number of carbonyl (C=O) groups is 2. The largest absolute Gasteiger partial charge is 0.462 e. The summed E-state index contributed by atoms with van der Waals surface area (Å²) in [5, 5.41) is 9.56. The Bertz CT molecular complexity index is 884. The van der Waals surface area contributed by atoms with Crippen LogP contribution in [0.15, 0.2) is 60.8 Å². The van der Waals surface area contributed by atoms with Gasteiger partial charge in [-0.25, -0.2) is 0 Å². The fraction of sp³-hybridized carbons (Fsp3) is 0.733. The maximum absolute atomic E-state index is 12.2. The molecule has 0 aliphatic carbocycles. The third-order valence-corrected chi connectivity index (χ3v) is 8.78. The smallest absolute Gasteiger partial charge is 0.306 e. The van der Waals surface area contributed by atoms with Crippen LogP contribution in [0.5, 0.6) is 0 Å². The summed E-state index contributed by atoms with van der Waals surface area (Å²) in [5.41, 5.74) is 0. The van der Waals surface area contributed by atoms with E-state index in [0.717, 1.165) is 64.2 Å². The van der Waals surface area contributed by atoms with Gasteiger partial charge in [0, 0.05) is 12.8 Å². The van der Waals surface area contributed by atoms with E-state index in [2.05, 4.69) is 74.6 Å². The van der Waals surface area contributed by atoms with Crippen molar-refractivity contribution in [1.82, 2.24) is 0 Å². The molecule has 0 aromatic rings. The van der Waals surface area contributed by atoms with Gasteiger partial charge < -0.3 is 14.6 Å². The Morgan fingerprint density at radius 1 is 0.460 bits per heavy atom. The van der Waals surface area contributed by atoms with E-state index in [1.54, 1.807) is 0 Å². The fourth-order valence-corrected chi connectivity index (χ4v) is 5.59. The normalized spacial score (nSPS) is 12.8. The molecule has 1 unspecified atom stereocenters. The molecule has 0 radical (unpaired) electrons. The van der Waals surface area contributed by atoms with Gasteiger partial charge >= 0.3 is 11.9 Å². The van der Waals surface area contributed by atoms with Crippen molar-refractivity contribution in [3.63, 3.8) is 0 Å². The molecule has 5 heteroatoms. The van der Waals surface area contributed by atoms with Crippen LogP contribution in [0.3, 0.4) is 0 Å². The molecule has 0 saturated heterocycles. The van der Waals surface area contributed by atoms with E-state index in [4.69, 9.17) is 9.47 Å². The molecule has 0 amide bonds. The van der Waals surface area contributed by atoms with Gasteiger partial charge in [0.05, 0.1) is 6.61 Å². The number of aliphatic hydroxyl groups excluding tert-OH is 1. The molecule has 0 aromatic carbocycles. The zero-order valence-electron chi connectivity index (χ0n) is 32.6. The van der Waals surface area contributed by atoms with E-state index in [-0.39, 0.29) is 25.2 Å². The summed E-state index contributed by atoms with van der Waals surface area (Å²) in [5.74, 6) is -0.633. The first-order valence-corrected chi connectivity index (χ1v) is 20.8. The molecule has 0 saturated carbocycles. The Morgan fingerprint density at radius 2 is 0.800 bits per heavy atom. The maximum Gasteiger partial charge on any atom is 0.306 e. The lowest BCUT2D eigenvalue weighted by Gasteiger charge is -2.15. The molecule has 0 aliphatic rings. The Kier molecular flexibility index (Phi) is 39.1. The number of hydrogen-bond donors (Lipinski definition) is 1. The molecule has 288 valence electrons. The van der Waals surface area contributed by atoms with Crippen LogP contribution in [0.2, 0.25) is 0 Å². The van der Waals surface area contributed by atoms with Gasteiger partial charge in [0.15, 0.2) is 6.10 Å². The van der Waals surface area contributed by atoms with E-state index < -0.39 is 6.10 Å². The topological polar surface area (TPSA) is 72.8 Å². The average Bonchev–Trinajstić information content (AvgIpc) is 3.12. The molecule has 0 spiro atoms. The number of hydrogen-bond acceptors (Lipinski definition) is 5. The van der Waals surface area contributed by atoms with Crippen molar-refractivity contribution in [2.45, 2.75) is 200 Å². The van der Waals surface area contributed by atoms with Gasteiger partial charge in [-0.05, 0) is 83.5 Å². The molecule has 5 nitrogen and oxygen atoms in total. The van der Waals surface area contributed by atoms with Crippen molar-refractivity contribution in [3.8, 4) is 0 Å². The molecular weight excluding hydrogens is 620 g/mol. The first-order chi connectivity index (χ1) is 24.6. The van der Waals surface area contributed by atoms with Gasteiger partial charge in [0.25, 0.3) is 0 Å². The third-order valence-electron chi connectivity index (χ3n) is 8.78. The van der Waals surface area contributed by atoms with Crippen molar-refractivity contribution >= 4 is 11.9 Å². The standard InChI is InChI=1S/C45H78O5/c1-3-5-7-9-11-13-15-17-19-21-22-24-26-28-30-32-34-36-38-40-45(48)50-43(41-46)42-49-44(47)39-37-35-33-31-29-27-25-23-20-18-16-14-12-10-8-6-4-2/h11,13,17-20,22,24,28,30,43,46H,3-10,12,14-16,21,23,25-27,29,31-42H2,1-2H3. The number of esters is 2. The zero-order chi connectivity index (χ0) is 36.4. The van der Waals surface area contributed by atoms with Crippen molar-refractivity contribution in [1.29, 1.82) is 0 Å². The van der Waals surface area contributed by atoms with Crippen molar-refractivity contribution < 1.29 is 24.2 Å². The van der Waals surface area contributed by atoms with Crippen LogP contribution in [0.4, 0.5) is 0 Å². The molecule has 0 heterocycles. The summed E-state index contributed by atoms with van der Waals surface area (Å²) >= 11 is 0. The second kappa shape index (κ2) is 41.0. The van der Waals surface area contributed by atoms with Gasteiger partial charge in [-0.3, -0.25) is 9.59 Å². The average molecular weight is 699 g/mol. The molecule has 1 N–H and O–H groups in total. The van der Waals surface area contributed by atoms with Crippen molar-refractivity contribution in [2.75, 3.05) is 13.2 Å². The minimum Gasteiger partial charge on any atom is -0.462 e. The molecule has 0 fully saturated rings. The van der Waals surface area contributed by atoms with E-state index in [1.165, 1.54) is 103 Å². The Morgan fingerprint density at radius 3 is 1.28 bits per heavy atom. The minimum atomic E-state index is -0.791. The number of rotatable bonds is 37. The van der Waals surface area contributed by atoms with E-state index in [1.807, 2.05) is 0 Å². The molecule has 50 heavy (non-hydrogen) atoms. The minimum absolute atomic E-state index is 0.0828. The summed E-state index contributed by atoms with van der Waals surface area (Å²) < 4.78 is 10.6. The van der Waals surface area contributed by atoms with Gasteiger partial charge in [-0.2, -0.15) is 0 Å². The monoisotopic (exact) mass is 699 g/mol. The third kappa shape index (κ3) is 38.4. The predicted molar refractivity (Wildman–Crippen MR) is 214 cm³/mol. The first kappa shape index (κ1) is 47.6. The van der Waals surface area contributed by atoms with Crippen LogP contribution in [0, 0.1) is 0 Å². The van der Waals surface area contributed by atoms with Crippen LogP contribution < -0.4 is 0 Å². The summed E-state index contributed by atoms with van der Waals surface area (Å²) in [4.78, 5) is 24.3. The summed E-state index contributed by atoms with van der Waals surface area (Å²) in [6.45, 7) is 4.07. The van der Waals surface area contributed by atoms with Gasteiger partial charge in [0.1, 0.15) is 6.61 Å². The number of allylic oxidation sites excluding steroid dienone is 10. The Hall–Kier alpha value is -2.40. The predicted octanol–water partition coefficient (Wildman–Crippen LogP) is 13.2. The number of carbonyl (C=O) groups excluding carboxylic acids is 2. The molecule has 0 aromatic heterocycles. The maximum atomic E-state index is 12.2. The molecule has 0 aliphatic heterocycles. The van der Waals surface area contributed by atoms with Gasteiger partial charge in [-0.15, -0.1) is 0 Å². The highest BCUT2D eigenvalue weighted by atomic mass is 16.6. The highest BCUT2D eigenvalue weighted by molar-refractivity contribution is 5.70. The highest BCUT2D eigenvalue weighted by Gasteiger charge is 2.16. The van der Waals surface area contributed by atoms with Crippen molar-refractivity contribution in [3.05, 3.63) is 60.8 Å². The SMILES string of the molecule is CCCCCC=CCC=CCC=CCC=CCCCCCC(=O)OC(CO)COC(=O)CCCCCCCCCC=CCCCCCCCC. The molecule has 0 rings (SSSR count). The number of unbranched alkanes of at least 4 members (excludes halogenated alkanes) is 19. The second-order valence-electron chi connectivity index (χ2n) is 13.7. The summed E-state index contributed by atoms with van der Waals surface area (Å²) in [7, 11) is 0. The van der Waals surface area contributed by atoms with E-state index in [0.29, 0.717) is 12.8 Å². The van der Waals surface area contributed by atoms with Crippen LogP contribution in [-0.2, 0) is 19.1 Å². The van der Waals surface area contributed by atoms with E-state index in [9.17, 15) is 14.7 Å².